The lowest BCUT2D eigenvalue weighted by molar-refractivity contribution is 0.0954. The van der Waals surface area contributed by atoms with Crippen LogP contribution in [-0.4, -0.2) is 26.1 Å². The molecule has 22 heavy (non-hydrogen) atoms. The Bertz CT molecular complexity index is 665. The first-order valence-corrected chi connectivity index (χ1v) is 7.54. The molecule has 4 heteroatoms. The van der Waals surface area contributed by atoms with Crippen LogP contribution in [0.2, 0.25) is 0 Å². The van der Waals surface area contributed by atoms with E-state index in [-0.39, 0.29) is 5.91 Å². The lowest BCUT2D eigenvalue weighted by atomic mass is 10.1. The number of anilines is 1. The number of fused-ring (bicyclic) bond motifs is 1. The van der Waals surface area contributed by atoms with E-state index in [2.05, 4.69) is 10.6 Å². The predicted molar refractivity (Wildman–Crippen MR) is 87.7 cm³/mol. The fourth-order valence-electron chi connectivity index (χ4n) is 2.66. The van der Waals surface area contributed by atoms with E-state index < -0.39 is 0 Å². The summed E-state index contributed by atoms with van der Waals surface area (Å²) in [5, 5.41) is 6.27. The van der Waals surface area contributed by atoms with Gasteiger partial charge in [-0.2, -0.15) is 0 Å². The van der Waals surface area contributed by atoms with E-state index in [0.29, 0.717) is 6.54 Å². The van der Waals surface area contributed by atoms with Crippen LogP contribution in [-0.2, 0) is 12.8 Å². The maximum absolute atomic E-state index is 12.2. The number of hydrogen-bond donors (Lipinski definition) is 2. The van der Waals surface area contributed by atoms with Crippen LogP contribution in [0.5, 0.6) is 5.75 Å². The van der Waals surface area contributed by atoms with Gasteiger partial charge in [-0.05, 0) is 54.3 Å². The van der Waals surface area contributed by atoms with E-state index in [0.717, 1.165) is 36.4 Å². The molecule has 2 N–H and O–H groups in total. The normalized spacial score (nSPS) is 12.4. The van der Waals surface area contributed by atoms with Gasteiger partial charge in [0.15, 0.2) is 0 Å². The third kappa shape index (κ3) is 3.22. The van der Waals surface area contributed by atoms with Gasteiger partial charge < -0.3 is 15.4 Å². The van der Waals surface area contributed by atoms with E-state index >= 15 is 0 Å². The Labute approximate surface area is 130 Å². The molecule has 1 heterocycles. The topological polar surface area (TPSA) is 50.4 Å². The second-order valence-electron chi connectivity index (χ2n) is 5.40. The minimum atomic E-state index is -0.0109. The number of benzene rings is 2. The molecule has 0 fully saturated rings. The SMILES string of the molecule is COc1ccc(CCNC(=O)c2ccc3c(c2)CCN3)cc1. The van der Waals surface area contributed by atoms with Gasteiger partial charge in [-0.1, -0.05) is 12.1 Å². The molecule has 114 valence electrons. The zero-order valence-corrected chi connectivity index (χ0v) is 12.7. The summed E-state index contributed by atoms with van der Waals surface area (Å²) in [5.41, 5.74) is 4.29. The lowest BCUT2D eigenvalue weighted by Crippen LogP contribution is -2.25. The molecule has 1 aliphatic rings. The quantitative estimate of drug-likeness (QED) is 0.892. The second kappa shape index (κ2) is 6.52. The highest BCUT2D eigenvalue weighted by molar-refractivity contribution is 5.95. The molecule has 0 saturated carbocycles. The molecule has 1 aliphatic heterocycles. The van der Waals surface area contributed by atoms with E-state index in [1.54, 1.807) is 7.11 Å². The summed E-state index contributed by atoms with van der Waals surface area (Å²) >= 11 is 0. The predicted octanol–water partition coefficient (Wildman–Crippen LogP) is 2.64. The molecule has 0 aromatic heterocycles. The number of carbonyl (C=O) groups is 1. The molecule has 0 radical (unpaired) electrons. The van der Waals surface area contributed by atoms with Crippen molar-refractivity contribution in [3.63, 3.8) is 0 Å². The lowest BCUT2D eigenvalue weighted by Gasteiger charge is -2.07. The van der Waals surface area contributed by atoms with Crippen molar-refractivity contribution in [2.24, 2.45) is 0 Å². The Kier molecular flexibility index (Phi) is 4.28. The summed E-state index contributed by atoms with van der Waals surface area (Å²) in [4.78, 5) is 12.2. The number of rotatable bonds is 5. The Morgan fingerprint density at radius 2 is 2.05 bits per heavy atom. The third-order valence-corrected chi connectivity index (χ3v) is 3.94. The van der Waals surface area contributed by atoms with Gasteiger partial charge in [-0.3, -0.25) is 4.79 Å². The van der Waals surface area contributed by atoms with Crippen molar-refractivity contribution < 1.29 is 9.53 Å². The van der Waals surface area contributed by atoms with Gasteiger partial charge in [-0.15, -0.1) is 0 Å². The molecule has 0 saturated heterocycles. The molecular formula is C18H20N2O2. The highest BCUT2D eigenvalue weighted by Crippen LogP contribution is 2.22. The molecule has 0 aliphatic carbocycles. The summed E-state index contributed by atoms with van der Waals surface area (Å²) in [6.07, 6.45) is 1.80. The van der Waals surface area contributed by atoms with Gasteiger partial charge in [0, 0.05) is 24.3 Å². The van der Waals surface area contributed by atoms with Crippen molar-refractivity contribution in [3.05, 3.63) is 59.2 Å². The first-order chi connectivity index (χ1) is 10.8. The summed E-state index contributed by atoms with van der Waals surface area (Å²) in [6, 6.07) is 13.8. The summed E-state index contributed by atoms with van der Waals surface area (Å²) in [5.74, 6) is 0.836. The highest BCUT2D eigenvalue weighted by Gasteiger charge is 2.13. The van der Waals surface area contributed by atoms with Gasteiger partial charge >= 0.3 is 0 Å². The molecule has 3 rings (SSSR count). The Morgan fingerprint density at radius 3 is 2.82 bits per heavy atom. The van der Waals surface area contributed by atoms with Gasteiger partial charge in [0.2, 0.25) is 0 Å². The van der Waals surface area contributed by atoms with Gasteiger partial charge in [-0.25, -0.2) is 0 Å². The number of nitrogens with one attached hydrogen (secondary N) is 2. The molecular weight excluding hydrogens is 276 g/mol. The summed E-state index contributed by atoms with van der Waals surface area (Å²) in [6.45, 7) is 1.58. The van der Waals surface area contributed by atoms with E-state index in [1.807, 2.05) is 42.5 Å². The smallest absolute Gasteiger partial charge is 0.251 e. The minimum absolute atomic E-state index is 0.0109. The molecule has 4 nitrogen and oxygen atoms in total. The highest BCUT2D eigenvalue weighted by atomic mass is 16.5. The second-order valence-corrected chi connectivity index (χ2v) is 5.40. The molecule has 2 aromatic carbocycles. The van der Waals surface area contributed by atoms with Crippen molar-refractivity contribution in [1.29, 1.82) is 0 Å². The van der Waals surface area contributed by atoms with Crippen LogP contribution >= 0.6 is 0 Å². The Morgan fingerprint density at radius 1 is 1.23 bits per heavy atom. The van der Waals surface area contributed by atoms with Crippen molar-refractivity contribution in [2.45, 2.75) is 12.8 Å². The van der Waals surface area contributed by atoms with Gasteiger partial charge in [0.1, 0.15) is 5.75 Å². The molecule has 0 unspecified atom stereocenters. The molecule has 1 amide bonds. The van der Waals surface area contributed by atoms with E-state index in [4.69, 9.17) is 4.74 Å². The van der Waals surface area contributed by atoms with Crippen molar-refractivity contribution in [2.75, 3.05) is 25.5 Å². The number of carbonyl (C=O) groups excluding carboxylic acids is 1. The molecule has 0 spiro atoms. The van der Waals surface area contributed by atoms with Crippen LogP contribution < -0.4 is 15.4 Å². The largest absolute Gasteiger partial charge is 0.497 e. The maximum atomic E-state index is 12.2. The van der Waals surface area contributed by atoms with Gasteiger partial charge in [0.05, 0.1) is 7.11 Å². The van der Waals surface area contributed by atoms with E-state index in [1.165, 1.54) is 11.1 Å². The van der Waals surface area contributed by atoms with Crippen LogP contribution in [0.4, 0.5) is 5.69 Å². The van der Waals surface area contributed by atoms with Crippen molar-refractivity contribution >= 4 is 11.6 Å². The molecule has 2 aromatic rings. The average Bonchev–Trinajstić information content (AvgIpc) is 3.03. The standard InChI is InChI=1S/C18H20N2O2/c1-22-16-5-2-13(3-6-16)8-10-20-18(21)15-4-7-17-14(12-15)9-11-19-17/h2-7,12,19H,8-11H2,1H3,(H,20,21). The molecule has 0 bridgehead atoms. The minimum Gasteiger partial charge on any atom is -0.497 e. The summed E-state index contributed by atoms with van der Waals surface area (Å²) in [7, 11) is 1.65. The zero-order valence-electron chi connectivity index (χ0n) is 12.7. The van der Waals surface area contributed by atoms with E-state index in [9.17, 15) is 4.79 Å². The Hall–Kier alpha value is -2.49. The zero-order chi connectivity index (χ0) is 15.4. The van der Waals surface area contributed by atoms with Crippen LogP contribution in [0.1, 0.15) is 21.5 Å². The average molecular weight is 296 g/mol. The number of amides is 1. The molecule has 0 atom stereocenters. The van der Waals surface area contributed by atoms with Crippen LogP contribution in [0.3, 0.4) is 0 Å². The van der Waals surface area contributed by atoms with Crippen LogP contribution in [0, 0.1) is 0 Å². The van der Waals surface area contributed by atoms with Gasteiger partial charge in [0.25, 0.3) is 5.91 Å². The fraction of sp³-hybridized carbons (Fsp3) is 0.278. The Balaban J connectivity index is 1.53. The number of methoxy groups -OCH3 is 1. The number of hydrogen-bond acceptors (Lipinski definition) is 3. The van der Waals surface area contributed by atoms with Crippen molar-refractivity contribution in [1.82, 2.24) is 5.32 Å². The third-order valence-electron chi connectivity index (χ3n) is 3.94. The monoisotopic (exact) mass is 296 g/mol. The first kappa shape index (κ1) is 14.4. The summed E-state index contributed by atoms with van der Waals surface area (Å²) < 4.78 is 5.13. The number of ether oxygens (including phenoxy) is 1. The first-order valence-electron chi connectivity index (χ1n) is 7.54. The maximum Gasteiger partial charge on any atom is 0.251 e. The van der Waals surface area contributed by atoms with Crippen LogP contribution in [0.25, 0.3) is 0 Å². The fourth-order valence-corrected chi connectivity index (χ4v) is 2.66. The van der Waals surface area contributed by atoms with Crippen molar-refractivity contribution in [3.8, 4) is 5.75 Å². The van der Waals surface area contributed by atoms with Crippen LogP contribution in [0.15, 0.2) is 42.5 Å².